The summed E-state index contributed by atoms with van der Waals surface area (Å²) in [7, 11) is 0. The molecule has 8 aromatic rings. The molecule has 18 nitrogen and oxygen atoms in total. The summed E-state index contributed by atoms with van der Waals surface area (Å²) in [6.45, 7) is 0.284. The predicted octanol–water partition coefficient (Wildman–Crippen LogP) is 6.36. The van der Waals surface area contributed by atoms with E-state index in [0.717, 1.165) is 5.56 Å². The third-order valence-corrected chi connectivity index (χ3v) is 9.84. The summed E-state index contributed by atoms with van der Waals surface area (Å²) in [6, 6.07) is 24.4. The van der Waals surface area contributed by atoms with Crippen molar-refractivity contribution in [3.05, 3.63) is 135 Å². The van der Waals surface area contributed by atoms with Crippen molar-refractivity contribution in [2.24, 2.45) is 0 Å². The van der Waals surface area contributed by atoms with E-state index in [1.54, 1.807) is 42.5 Å². The summed E-state index contributed by atoms with van der Waals surface area (Å²) in [6.07, 6.45) is 4.08. The van der Waals surface area contributed by atoms with Gasteiger partial charge in [0.25, 0.3) is 0 Å². The molecular formula is C37H31Cl3N16O2. The van der Waals surface area contributed by atoms with Gasteiger partial charge in [-0.25, -0.2) is 23.9 Å². The first-order valence-corrected chi connectivity index (χ1v) is 18.8. The molecule has 0 saturated heterocycles. The number of halogens is 3. The van der Waals surface area contributed by atoms with Crippen LogP contribution in [0.15, 0.2) is 97.6 Å². The Morgan fingerprint density at radius 3 is 2.05 bits per heavy atom. The lowest BCUT2D eigenvalue weighted by atomic mass is 10.0. The number of rotatable bonds is 13. The summed E-state index contributed by atoms with van der Waals surface area (Å²) in [4.78, 5) is 34.5. The van der Waals surface area contributed by atoms with Gasteiger partial charge in [0, 0.05) is 34.1 Å². The molecule has 0 unspecified atom stereocenters. The fourth-order valence-corrected chi connectivity index (χ4v) is 6.95. The van der Waals surface area contributed by atoms with Crippen LogP contribution in [0, 0.1) is 0 Å². The first kappa shape index (κ1) is 38.0. The molecule has 0 bridgehead atoms. The van der Waals surface area contributed by atoms with Gasteiger partial charge in [-0.1, -0.05) is 71.2 Å². The number of carbonyl (C=O) groups excluding carboxylic acids is 2. The monoisotopic (exact) mass is 836 g/mol. The topological polar surface area (TPSA) is 227 Å². The van der Waals surface area contributed by atoms with Gasteiger partial charge >= 0.3 is 12.1 Å². The fraction of sp³-hybridized carbons (Fsp3) is 0.135. The summed E-state index contributed by atoms with van der Waals surface area (Å²) in [5, 5.41) is 43.5. The number of H-pyrrole nitrogens is 2. The minimum absolute atomic E-state index is 0.141. The van der Waals surface area contributed by atoms with Crippen LogP contribution in [0.4, 0.5) is 15.4 Å². The number of aryl methyl sites for hydroxylation is 1. The molecule has 292 valence electrons. The van der Waals surface area contributed by atoms with E-state index >= 15 is 0 Å². The molecule has 4 aromatic heterocycles. The van der Waals surface area contributed by atoms with E-state index in [4.69, 9.17) is 39.8 Å². The van der Waals surface area contributed by atoms with Gasteiger partial charge in [0.15, 0.2) is 5.82 Å². The Kier molecular flexibility index (Phi) is 11.2. The zero-order chi connectivity index (χ0) is 40.0. The number of nitrogens with zero attached hydrogens (tertiary/aromatic N) is 10. The van der Waals surface area contributed by atoms with E-state index in [-0.39, 0.29) is 18.2 Å². The molecule has 0 aliphatic heterocycles. The maximum Gasteiger partial charge on any atom is 0.320 e. The minimum Gasteiger partial charge on any atom is -0.334 e. The number of urea groups is 2. The third kappa shape index (κ3) is 8.73. The van der Waals surface area contributed by atoms with Gasteiger partial charge < -0.3 is 20.9 Å². The van der Waals surface area contributed by atoms with Crippen LogP contribution in [0.1, 0.15) is 35.0 Å². The van der Waals surface area contributed by atoms with E-state index in [1.165, 1.54) is 22.0 Å². The number of hydrogen-bond acceptors (Lipinski definition) is 10. The number of aromatic amines is 2. The normalized spacial score (nSPS) is 11.7. The molecule has 0 spiro atoms. The van der Waals surface area contributed by atoms with Crippen molar-refractivity contribution in [1.29, 1.82) is 0 Å². The number of anilines is 1. The molecule has 21 heteroatoms. The number of amides is 4. The van der Waals surface area contributed by atoms with Crippen LogP contribution in [-0.4, -0.2) is 72.6 Å². The van der Waals surface area contributed by atoms with E-state index in [1.807, 2.05) is 42.5 Å². The largest absolute Gasteiger partial charge is 0.334 e. The second-order valence-corrected chi connectivity index (χ2v) is 14.1. The predicted molar refractivity (Wildman–Crippen MR) is 216 cm³/mol. The molecule has 8 rings (SSSR count). The van der Waals surface area contributed by atoms with E-state index in [2.05, 4.69) is 67.5 Å². The average Bonchev–Trinajstić information content (AvgIpc) is 4.07. The quantitative estimate of drug-likeness (QED) is 0.0753. The van der Waals surface area contributed by atoms with Gasteiger partial charge in [-0.15, -0.1) is 10.2 Å². The Morgan fingerprint density at radius 1 is 0.759 bits per heavy atom. The molecule has 0 radical (unpaired) electrons. The lowest BCUT2D eigenvalue weighted by Crippen LogP contribution is -2.38. The van der Waals surface area contributed by atoms with Crippen LogP contribution >= 0.6 is 34.8 Å². The Balaban J connectivity index is 0.965. The Labute approximate surface area is 343 Å². The minimum atomic E-state index is -0.550. The van der Waals surface area contributed by atoms with Gasteiger partial charge in [0.1, 0.15) is 29.3 Å². The zero-order valence-electron chi connectivity index (χ0n) is 30.1. The molecule has 4 amide bonds. The van der Waals surface area contributed by atoms with Crippen LogP contribution in [-0.2, 0) is 19.5 Å². The van der Waals surface area contributed by atoms with Crippen LogP contribution in [0.2, 0.25) is 15.2 Å². The standard InChI is InChI=1S/C37H31Cl3N16O2/c38-25-8-12-30(55-19-43-51-53-55)23(14-25)17-41-36(57)45-28(11-6-21-4-2-1-3-5-21)35-46-32(33(40)47-35)22-7-10-27-29(16-22)49-50-34(27)48-37(58)42-18-24-15-26(39)9-13-31(24)56-20-44-52-54-56/h1-5,7-10,12-16,19-20,28H,6,11,17-18H2,(H,46,47)(H2,41,45,57)(H3,42,48,49,50,58)/t28-/m0/s1. The maximum absolute atomic E-state index is 13.4. The van der Waals surface area contributed by atoms with Gasteiger partial charge in [-0.3, -0.25) is 10.4 Å². The smallest absolute Gasteiger partial charge is 0.320 e. The van der Waals surface area contributed by atoms with Crippen LogP contribution in [0.25, 0.3) is 33.5 Å². The van der Waals surface area contributed by atoms with Crippen molar-refractivity contribution in [3.8, 4) is 22.6 Å². The second kappa shape index (κ2) is 17.1. The van der Waals surface area contributed by atoms with Gasteiger partial charge in [-0.05, 0) is 98.9 Å². The average molecular weight is 838 g/mol. The van der Waals surface area contributed by atoms with E-state index in [0.29, 0.717) is 79.2 Å². The Hall–Kier alpha value is -6.89. The maximum atomic E-state index is 13.4. The Bertz CT molecular complexity index is 2680. The first-order valence-electron chi connectivity index (χ1n) is 17.7. The number of benzene rings is 4. The molecule has 6 N–H and O–H groups in total. The summed E-state index contributed by atoms with van der Waals surface area (Å²) >= 11 is 19.3. The van der Waals surface area contributed by atoms with Crippen molar-refractivity contribution in [2.75, 3.05) is 5.32 Å². The summed E-state index contributed by atoms with van der Waals surface area (Å²) in [5.74, 6) is 0.786. The molecule has 4 aromatic carbocycles. The Morgan fingerprint density at radius 2 is 1.41 bits per heavy atom. The number of hydrogen-bond donors (Lipinski definition) is 6. The highest BCUT2D eigenvalue weighted by molar-refractivity contribution is 6.32. The van der Waals surface area contributed by atoms with Gasteiger partial charge in [-0.2, -0.15) is 5.10 Å². The summed E-state index contributed by atoms with van der Waals surface area (Å²) < 4.78 is 2.98. The van der Waals surface area contributed by atoms with Crippen molar-refractivity contribution >= 4 is 63.6 Å². The van der Waals surface area contributed by atoms with Crippen molar-refractivity contribution in [3.63, 3.8) is 0 Å². The van der Waals surface area contributed by atoms with Crippen molar-refractivity contribution in [1.82, 2.24) is 76.5 Å². The molecule has 0 aliphatic rings. The number of aromatic nitrogens is 12. The van der Waals surface area contributed by atoms with Gasteiger partial charge in [0.2, 0.25) is 0 Å². The lowest BCUT2D eigenvalue weighted by Gasteiger charge is -2.18. The van der Waals surface area contributed by atoms with E-state index < -0.39 is 18.1 Å². The number of fused-ring (bicyclic) bond motifs is 1. The summed E-state index contributed by atoms with van der Waals surface area (Å²) in [5.41, 5.74) is 5.62. The lowest BCUT2D eigenvalue weighted by molar-refractivity contribution is 0.235. The molecule has 4 heterocycles. The highest BCUT2D eigenvalue weighted by Crippen LogP contribution is 2.32. The second-order valence-electron chi connectivity index (χ2n) is 12.9. The van der Waals surface area contributed by atoms with Crippen molar-refractivity contribution in [2.45, 2.75) is 32.0 Å². The number of imidazole rings is 1. The molecule has 1 atom stereocenters. The molecule has 0 aliphatic carbocycles. The SMILES string of the molecule is O=C(NCc1cc(Cl)ccc1-n1cnnn1)Nc1n[nH]c2cc(-c3nc([C@H](CCc4ccccc4)NC(=O)NCc4cc(Cl)ccc4-n4cnnn4)[nH]c3Cl)ccc12. The van der Waals surface area contributed by atoms with Gasteiger partial charge in [0.05, 0.1) is 22.9 Å². The molecule has 0 saturated carbocycles. The fourth-order valence-electron chi connectivity index (χ4n) is 6.31. The first-order chi connectivity index (χ1) is 28.3. The molecular weight excluding hydrogens is 807 g/mol. The van der Waals surface area contributed by atoms with E-state index in [9.17, 15) is 9.59 Å². The highest BCUT2D eigenvalue weighted by atomic mass is 35.5. The number of tetrazole rings is 2. The molecule has 0 fully saturated rings. The molecule has 58 heavy (non-hydrogen) atoms. The van der Waals surface area contributed by atoms with Crippen LogP contribution < -0.4 is 21.3 Å². The zero-order valence-corrected chi connectivity index (χ0v) is 32.3. The van der Waals surface area contributed by atoms with Crippen LogP contribution in [0.5, 0.6) is 0 Å². The highest BCUT2D eigenvalue weighted by Gasteiger charge is 2.22. The number of carbonyl (C=O) groups is 2. The van der Waals surface area contributed by atoms with Crippen molar-refractivity contribution < 1.29 is 9.59 Å². The number of nitrogens with one attached hydrogen (secondary N) is 6. The van der Waals surface area contributed by atoms with Crippen LogP contribution in [0.3, 0.4) is 0 Å². The third-order valence-electron chi connectivity index (χ3n) is 9.10.